The topological polar surface area (TPSA) is 293 Å². The summed E-state index contributed by atoms with van der Waals surface area (Å²) >= 11 is 0. The van der Waals surface area contributed by atoms with E-state index in [-0.39, 0.29) is 95.8 Å². The molecule has 11 atom stereocenters. The van der Waals surface area contributed by atoms with Gasteiger partial charge < -0.3 is 78.4 Å². The van der Waals surface area contributed by atoms with E-state index in [0.717, 1.165) is 230 Å². The zero-order valence-corrected chi connectivity index (χ0v) is 73.3. The summed E-state index contributed by atoms with van der Waals surface area (Å²) in [6.07, 6.45) is 75.4. The largest absolute Gasteiger partial charge is 0.465 e. The maximum absolute atomic E-state index is 12.7. The molecule has 119 heavy (non-hydrogen) atoms. The first kappa shape index (κ1) is 109. The Morgan fingerprint density at radius 1 is 0.353 bits per heavy atom. The predicted octanol–water partition coefficient (Wildman–Crippen LogP) is 19.4. The number of rotatable bonds is 72. The second-order valence-electron chi connectivity index (χ2n) is 30.7. The van der Waals surface area contributed by atoms with Crippen LogP contribution in [0.25, 0.3) is 0 Å². The Morgan fingerprint density at radius 3 is 1.05 bits per heavy atom. The van der Waals surface area contributed by atoms with Crippen LogP contribution in [-0.4, -0.2) is 180 Å². The summed E-state index contributed by atoms with van der Waals surface area (Å²) in [5.41, 5.74) is 0.936. The quantitative estimate of drug-likeness (QED) is 0.0138. The summed E-state index contributed by atoms with van der Waals surface area (Å²) in [5, 5.41) is 72.0. The number of aliphatic hydroxyl groups is 7. The van der Waals surface area contributed by atoms with E-state index >= 15 is 0 Å². The van der Waals surface area contributed by atoms with Gasteiger partial charge in [-0.25, -0.2) is 0 Å². The second-order valence-corrected chi connectivity index (χ2v) is 30.7. The second kappa shape index (κ2) is 78.9. The van der Waals surface area contributed by atoms with Crippen molar-refractivity contribution in [2.45, 2.75) is 359 Å². The van der Waals surface area contributed by atoms with Crippen LogP contribution in [0, 0.1) is 5.92 Å². The zero-order valence-electron chi connectivity index (χ0n) is 73.3. The van der Waals surface area contributed by atoms with Crippen molar-refractivity contribution in [3.63, 3.8) is 0 Å². The lowest BCUT2D eigenvalue weighted by atomic mass is 9.99. The van der Waals surface area contributed by atoms with Gasteiger partial charge in [-0.05, 0) is 160 Å². The number of carbonyl (C=O) groups is 4. The number of unbranched alkanes of at least 4 members (excludes halogenated alkanes) is 20. The molecule has 2 fully saturated rings. The number of benzene rings is 1. The number of carbonyl (C=O) groups excluding carboxylic acids is 4. The fraction of sp³-hybridized carbons (Fsp3) is 0.657. The normalized spacial score (nSPS) is 20.4. The highest BCUT2D eigenvalue weighted by atomic mass is 16.7. The first-order valence-electron chi connectivity index (χ1n) is 45.4. The van der Waals surface area contributed by atoms with E-state index in [1.54, 1.807) is 0 Å². The Morgan fingerprint density at radius 2 is 0.672 bits per heavy atom. The van der Waals surface area contributed by atoms with Gasteiger partial charge in [0.05, 0.1) is 52.2 Å². The number of allylic oxidation sites excluding steroid dienone is 24. The molecule has 20 heteroatoms. The molecule has 3 rings (SSSR count). The standard InChI is InChI=1S/C53H82O10.C46H76O10/c1-3-5-7-9-11-13-15-17-19-21-23-25-27-29-34-38-48(54)60-41-46(42-61-49(55)39-35-30-28-26-24-22-20-18-16-14-12-10-8-6-4-2)43-62-53-52(58)51(57)50(56)47(63-53)44-59-40-45-36-32-31-33-37-45;1-3-5-7-9-11-13-15-17-19-21-23-25-27-29-31-33-39(48)36-53-40(38-55-46-45(52)44(51)43(50)41(35-47)56-46)37-54-42(49)34-32-30-28-26-24-22-20-18-16-14-12-10-8-6-4-2/h5-8,11-14,17-20,31-33,36-37,46-47,50-53,56-58H,3-4,9-10,15-16,21-30,34-35,38-44H2,1-2H3;5-8,11-14,17-20,40-41,43-47,50-52H,3-4,9-10,15-16,21-38H2,1-2H3/b2*7-5-,8-6-,13-11-,14-12-,19-17-,20-18-/t47-,50+,51+,52-,53-;40?,41-,43-,44+,45-,46-/m11/s1. The molecule has 2 saturated heterocycles. The van der Waals surface area contributed by atoms with Crippen LogP contribution in [-0.2, 0) is 68.4 Å². The first-order valence-corrected chi connectivity index (χ1v) is 45.4. The molecule has 0 spiro atoms. The van der Waals surface area contributed by atoms with E-state index in [4.69, 9.17) is 42.6 Å². The maximum atomic E-state index is 12.7. The summed E-state index contributed by atoms with van der Waals surface area (Å²) in [5.74, 6) is -1.66. The Labute approximate surface area is 716 Å². The molecule has 2 aliphatic heterocycles. The highest BCUT2D eigenvalue weighted by molar-refractivity contribution is 5.79. The van der Waals surface area contributed by atoms with Gasteiger partial charge in [0.1, 0.15) is 68.1 Å². The van der Waals surface area contributed by atoms with E-state index in [0.29, 0.717) is 12.8 Å². The molecule has 0 aromatic heterocycles. The van der Waals surface area contributed by atoms with Gasteiger partial charge in [-0.15, -0.1) is 0 Å². The van der Waals surface area contributed by atoms with Crippen molar-refractivity contribution in [3.8, 4) is 0 Å². The molecule has 7 N–H and O–H groups in total. The fourth-order valence-corrected chi connectivity index (χ4v) is 12.7. The highest BCUT2D eigenvalue weighted by Gasteiger charge is 2.46. The summed E-state index contributed by atoms with van der Waals surface area (Å²) < 4.78 is 51.1. The molecule has 2 heterocycles. The molecule has 1 aromatic rings. The lowest BCUT2D eigenvalue weighted by molar-refractivity contribution is -0.306. The van der Waals surface area contributed by atoms with E-state index in [1.807, 2.05) is 30.3 Å². The van der Waals surface area contributed by atoms with Crippen molar-refractivity contribution < 1.29 is 97.6 Å². The van der Waals surface area contributed by atoms with Crippen LogP contribution < -0.4 is 0 Å². The number of ether oxygens (including phenoxy) is 9. The summed E-state index contributed by atoms with van der Waals surface area (Å²) in [4.78, 5) is 50.7. The Bertz CT molecular complexity index is 2850. The molecule has 0 radical (unpaired) electrons. The van der Waals surface area contributed by atoms with Crippen molar-refractivity contribution in [1.82, 2.24) is 0 Å². The van der Waals surface area contributed by atoms with Crippen molar-refractivity contribution in [2.24, 2.45) is 5.92 Å². The minimum Gasteiger partial charge on any atom is -0.465 e. The average Bonchev–Trinajstić information content (AvgIpc) is 0.821. The van der Waals surface area contributed by atoms with Gasteiger partial charge in [0.15, 0.2) is 18.4 Å². The molecule has 1 aromatic carbocycles. The minimum absolute atomic E-state index is 0.0443. The molecule has 674 valence electrons. The Balaban J connectivity index is 0.000000813. The van der Waals surface area contributed by atoms with Gasteiger partial charge in [0.25, 0.3) is 0 Å². The van der Waals surface area contributed by atoms with Crippen LogP contribution in [0.15, 0.2) is 176 Å². The van der Waals surface area contributed by atoms with Crippen molar-refractivity contribution in [3.05, 3.63) is 182 Å². The minimum atomic E-state index is -1.59. The number of hydrogen-bond acceptors (Lipinski definition) is 20. The third kappa shape index (κ3) is 61.6. The zero-order chi connectivity index (χ0) is 86.3. The molecule has 0 aliphatic carbocycles. The summed E-state index contributed by atoms with van der Waals surface area (Å²) in [7, 11) is 0. The lowest BCUT2D eigenvalue weighted by Gasteiger charge is -2.40. The van der Waals surface area contributed by atoms with E-state index < -0.39 is 80.0 Å². The van der Waals surface area contributed by atoms with Gasteiger partial charge in [-0.1, -0.05) is 281 Å². The number of Topliss-reactive ketones (excluding diaryl/α,β-unsaturated/α-hetero) is 1. The SMILES string of the molecule is CC/C=C\C/C=C\C/C=C\CCCCCCCC(=O)COC(COC(=O)CCCCCCC/C=C\C/C=C\C/C=C\CC)CO[C@@H]1O[C@H](CO)[C@@H](O)[C@H](O)[C@H]1O.CC/C=C\C/C=C\C/C=C\CCCCCCCC(=O)OCC(COC(=O)CCCCCCC/C=C\C/C=C\C/C=C\CC)CO[C@@H]1O[C@H](COCc2ccccc2)[C@H](O)[C@H](O)[C@H]1O. The molecule has 1 unspecified atom stereocenters. The third-order valence-electron chi connectivity index (χ3n) is 19.9. The van der Waals surface area contributed by atoms with Crippen LogP contribution in [0.5, 0.6) is 0 Å². The van der Waals surface area contributed by atoms with Gasteiger partial charge >= 0.3 is 17.9 Å². The third-order valence-corrected chi connectivity index (χ3v) is 19.9. The van der Waals surface area contributed by atoms with Gasteiger partial charge in [0, 0.05) is 25.7 Å². The molecule has 2 aliphatic rings. The van der Waals surface area contributed by atoms with Crippen molar-refractivity contribution >= 4 is 23.7 Å². The predicted molar refractivity (Wildman–Crippen MR) is 477 cm³/mol. The van der Waals surface area contributed by atoms with E-state index in [2.05, 4.69) is 174 Å². The lowest BCUT2D eigenvalue weighted by Crippen LogP contribution is -2.59. The highest BCUT2D eigenvalue weighted by Crippen LogP contribution is 2.26. The number of aliphatic hydroxyl groups excluding tert-OH is 7. The van der Waals surface area contributed by atoms with Crippen LogP contribution in [0.3, 0.4) is 0 Å². The molecular weight excluding hydrogens is 1510 g/mol. The maximum Gasteiger partial charge on any atom is 0.305 e. The van der Waals surface area contributed by atoms with Gasteiger partial charge in [0.2, 0.25) is 0 Å². The average molecular weight is 1670 g/mol. The van der Waals surface area contributed by atoms with Crippen LogP contribution >= 0.6 is 0 Å². The number of ketones is 1. The molecule has 20 nitrogen and oxygen atoms in total. The summed E-state index contributed by atoms with van der Waals surface area (Å²) in [6, 6.07) is 9.52. The molecule has 0 bridgehead atoms. The van der Waals surface area contributed by atoms with Gasteiger partial charge in [-0.3, -0.25) is 19.2 Å². The number of hydrogen-bond donors (Lipinski definition) is 7. The van der Waals surface area contributed by atoms with Crippen molar-refractivity contribution in [2.75, 3.05) is 52.9 Å². The molecule has 0 amide bonds. The van der Waals surface area contributed by atoms with E-state index in [9.17, 15) is 54.9 Å². The van der Waals surface area contributed by atoms with Crippen LogP contribution in [0.1, 0.15) is 290 Å². The Kier molecular flexibility index (Phi) is 72.1. The first-order chi connectivity index (χ1) is 58.2. The van der Waals surface area contributed by atoms with E-state index in [1.165, 1.54) is 0 Å². The molecular formula is C99H158O20. The van der Waals surface area contributed by atoms with Crippen LogP contribution in [0.2, 0.25) is 0 Å². The van der Waals surface area contributed by atoms with Crippen molar-refractivity contribution in [1.29, 1.82) is 0 Å². The smallest absolute Gasteiger partial charge is 0.305 e. The molecule has 0 saturated carbocycles. The fourth-order valence-electron chi connectivity index (χ4n) is 12.7. The monoisotopic (exact) mass is 1670 g/mol. The van der Waals surface area contributed by atoms with Gasteiger partial charge in [-0.2, -0.15) is 0 Å². The Hall–Kier alpha value is -6.34. The number of esters is 3. The summed E-state index contributed by atoms with van der Waals surface area (Å²) in [6.45, 7) is 7.42. The van der Waals surface area contributed by atoms with Crippen LogP contribution in [0.4, 0.5) is 0 Å².